The molecule has 1 amide bonds. The van der Waals surface area contributed by atoms with Crippen LogP contribution in [-0.2, 0) is 11.2 Å². The highest BCUT2D eigenvalue weighted by Crippen LogP contribution is 2.20. The summed E-state index contributed by atoms with van der Waals surface area (Å²) in [4.78, 5) is 25.5. The summed E-state index contributed by atoms with van der Waals surface area (Å²) >= 11 is 0. The molecule has 1 saturated heterocycles. The van der Waals surface area contributed by atoms with E-state index in [4.69, 9.17) is 4.74 Å². The number of hydrogen-bond acceptors (Lipinski definition) is 3. The first-order valence-electron chi connectivity index (χ1n) is 8.03. The van der Waals surface area contributed by atoms with Gasteiger partial charge in [-0.3, -0.25) is 9.69 Å². The van der Waals surface area contributed by atoms with Gasteiger partial charge in [0.2, 0.25) is 0 Å². The fourth-order valence-corrected chi connectivity index (χ4v) is 2.59. The van der Waals surface area contributed by atoms with Crippen LogP contribution in [0, 0.1) is 0 Å². The first kappa shape index (κ1) is 16.0. The number of ketones is 1. The van der Waals surface area contributed by atoms with Crippen LogP contribution in [0.15, 0.2) is 54.6 Å². The molecule has 0 aromatic heterocycles. The van der Waals surface area contributed by atoms with Gasteiger partial charge in [0.1, 0.15) is 6.61 Å². The van der Waals surface area contributed by atoms with Crippen molar-refractivity contribution in [2.45, 2.75) is 13.3 Å². The van der Waals surface area contributed by atoms with Gasteiger partial charge in [0, 0.05) is 11.3 Å². The Morgan fingerprint density at radius 1 is 1.21 bits per heavy atom. The number of nitrogens with zero attached hydrogens (tertiary/aromatic N) is 1. The fraction of sp³-hybridized carbons (Fsp3) is 0.200. The molecule has 4 heteroatoms. The lowest BCUT2D eigenvalue weighted by molar-refractivity contribution is 0.104. The molecule has 1 fully saturated rings. The first-order chi connectivity index (χ1) is 11.7. The number of carbonyl (C=O) groups excluding carboxylic acids is 2. The molecule has 1 heterocycles. The summed E-state index contributed by atoms with van der Waals surface area (Å²) in [5.41, 5.74) is 3.49. The number of cyclic esters (lactones) is 1. The van der Waals surface area contributed by atoms with E-state index in [1.54, 1.807) is 36.4 Å². The van der Waals surface area contributed by atoms with Crippen LogP contribution in [0.4, 0.5) is 10.5 Å². The lowest BCUT2D eigenvalue weighted by atomic mass is 10.1. The lowest BCUT2D eigenvalue weighted by Gasteiger charge is -2.13. The summed E-state index contributed by atoms with van der Waals surface area (Å²) in [6, 6.07) is 15.2. The average Bonchev–Trinajstić information content (AvgIpc) is 3.06. The van der Waals surface area contributed by atoms with Gasteiger partial charge in [-0.1, -0.05) is 49.4 Å². The van der Waals surface area contributed by atoms with E-state index < -0.39 is 0 Å². The molecule has 4 nitrogen and oxygen atoms in total. The number of carbonyl (C=O) groups is 2. The summed E-state index contributed by atoms with van der Waals surface area (Å²) in [5, 5.41) is 0. The number of hydrogen-bond donors (Lipinski definition) is 0. The summed E-state index contributed by atoms with van der Waals surface area (Å²) < 4.78 is 4.93. The molecular weight excluding hydrogens is 302 g/mol. The SMILES string of the molecule is CCc1ccc(/C=C/C(=O)c2cccc(N3CCOC3=O)c2)cc1. The van der Waals surface area contributed by atoms with Crippen molar-refractivity contribution in [1.29, 1.82) is 0 Å². The maximum Gasteiger partial charge on any atom is 0.414 e. The molecule has 2 aromatic carbocycles. The van der Waals surface area contributed by atoms with Gasteiger partial charge in [-0.15, -0.1) is 0 Å². The van der Waals surface area contributed by atoms with E-state index >= 15 is 0 Å². The van der Waals surface area contributed by atoms with Crippen LogP contribution in [0.2, 0.25) is 0 Å². The molecule has 122 valence electrons. The summed E-state index contributed by atoms with van der Waals surface area (Å²) in [6.07, 6.45) is 3.99. The highest BCUT2D eigenvalue weighted by molar-refractivity contribution is 6.07. The number of rotatable bonds is 5. The third kappa shape index (κ3) is 3.54. The quantitative estimate of drug-likeness (QED) is 0.615. The zero-order chi connectivity index (χ0) is 16.9. The van der Waals surface area contributed by atoms with Crippen LogP contribution in [0.3, 0.4) is 0 Å². The molecule has 0 N–H and O–H groups in total. The third-order valence-electron chi connectivity index (χ3n) is 4.02. The molecule has 0 saturated carbocycles. The van der Waals surface area contributed by atoms with Crippen molar-refractivity contribution in [2.75, 3.05) is 18.1 Å². The van der Waals surface area contributed by atoms with Crippen molar-refractivity contribution >= 4 is 23.6 Å². The van der Waals surface area contributed by atoms with Gasteiger partial charge in [0.15, 0.2) is 5.78 Å². The van der Waals surface area contributed by atoms with Crippen molar-refractivity contribution in [3.05, 3.63) is 71.3 Å². The normalized spacial score (nSPS) is 14.2. The highest BCUT2D eigenvalue weighted by Gasteiger charge is 2.23. The minimum atomic E-state index is -0.369. The zero-order valence-corrected chi connectivity index (χ0v) is 13.6. The van der Waals surface area contributed by atoms with E-state index in [1.165, 1.54) is 10.5 Å². The van der Waals surface area contributed by atoms with Gasteiger partial charge < -0.3 is 4.74 Å². The number of anilines is 1. The second kappa shape index (κ2) is 7.13. The monoisotopic (exact) mass is 321 g/mol. The van der Waals surface area contributed by atoms with Crippen LogP contribution < -0.4 is 4.90 Å². The number of aryl methyl sites for hydroxylation is 1. The Balaban J connectivity index is 1.74. The van der Waals surface area contributed by atoms with Crippen molar-refractivity contribution in [3.8, 4) is 0 Å². The summed E-state index contributed by atoms with van der Waals surface area (Å²) in [7, 11) is 0. The molecule has 0 atom stereocenters. The van der Waals surface area contributed by atoms with E-state index in [1.807, 2.05) is 12.1 Å². The molecule has 0 spiro atoms. The van der Waals surface area contributed by atoms with Crippen molar-refractivity contribution in [2.24, 2.45) is 0 Å². The topological polar surface area (TPSA) is 46.6 Å². The van der Waals surface area contributed by atoms with Crippen LogP contribution in [0.25, 0.3) is 6.08 Å². The van der Waals surface area contributed by atoms with Gasteiger partial charge in [-0.25, -0.2) is 4.79 Å². The number of benzene rings is 2. The van der Waals surface area contributed by atoms with E-state index in [0.717, 1.165) is 12.0 Å². The summed E-state index contributed by atoms with van der Waals surface area (Å²) in [5.74, 6) is -0.0935. The van der Waals surface area contributed by atoms with E-state index in [0.29, 0.717) is 24.4 Å². The smallest absolute Gasteiger partial charge is 0.414 e. The number of ether oxygens (including phenoxy) is 1. The Bertz CT molecular complexity index is 778. The van der Waals surface area contributed by atoms with Gasteiger partial charge >= 0.3 is 6.09 Å². The Kier molecular flexibility index (Phi) is 4.75. The summed E-state index contributed by atoms with van der Waals surface area (Å²) in [6.45, 7) is 3.00. The number of amides is 1. The Morgan fingerprint density at radius 2 is 2.00 bits per heavy atom. The minimum Gasteiger partial charge on any atom is -0.447 e. The Hall–Kier alpha value is -2.88. The van der Waals surface area contributed by atoms with Crippen LogP contribution in [0.1, 0.15) is 28.4 Å². The fourth-order valence-electron chi connectivity index (χ4n) is 2.59. The molecule has 1 aliphatic heterocycles. The maximum absolute atomic E-state index is 12.4. The first-order valence-corrected chi connectivity index (χ1v) is 8.03. The molecule has 3 rings (SSSR count). The predicted octanol–water partition coefficient (Wildman–Crippen LogP) is 4.10. The van der Waals surface area contributed by atoms with Crippen LogP contribution in [-0.4, -0.2) is 25.0 Å². The molecule has 0 unspecified atom stereocenters. The van der Waals surface area contributed by atoms with Crippen molar-refractivity contribution < 1.29 is 14.3 Å². The molecule has 1 aliphatic rings. The van der Waals surface area contributed by atoms with E-state index in [9.17, 15) is 9.59 Å². The van der Waals surface area contributed by atoms with Gasteiger partial charge in [-0.2, -0.15) is 0 Å². The largest absolute Gasteiger partial charge is 0.447 e. The molecule has 0 aliphatic carbocycles. The lowest BCUT2D eigenvalue weighted by Crippen LogP contribution is -2.23. The zero-order valence-electron chi connectivity index (χ0n) is 13.6. The maximum atomic E-state index is 12.4. The second-order valence-corrected chi connectivity index (χ2v) is 5.61. The van der Waals surface area contributed by atoms with Crippen molar-refractivity contribution in [3.63, 3.8) is 0 Å². The highest BCUT2D eigenvalue weighted by atomic mass is 16.6. The van der Waals surface area contributed by atoms with Crippen LogP contribution >= 0.6 is 0 Å². The van der Waals surface area contributed by atoms with Crippen molar-refractivity contribution in [1.82, 2.24) is 0 Å². The van der Waals surface area contributed by atoms with E-state index in [-0.39, 0.29) is 11.9 Å². The second-order valence-electron chi connectivity index (χ2n) is 5.61. The molecule has 0 radical (unpaired) electrons. The van der Waals surface area contributed by atoms with Crippen LogP contribution in [0.5, 0.6) is 0 Å². The van der Waals surface area contributed by atoms with E-state index in [2.05, 4.69) is 19.1 Å². The molecule has 24 heavy (non-hydrogen) atoms. The predicted molar refractivity (Wildman–Crippen MR) is 94.3 cm³/mol. The van der Waals surface area contributed by atoms with Gasteiger partial charge in [0.05, 0.1) is 6.54 Å². The van der Waals surface area contributed by atoms with Gasteiger partial charge in [-0.05, 0) is 35.8 Å². The molecular formula is C20H19NO3. The average molecular weight is 321 g/mol. The standard InChI is InChI=1S/C20H19NO3/c1-2-15-6-8-16(9-7-15)10-11-19(22)17-4-3-5-18(14-17)21-12-13-24-20(21)23/h3-11,14H,2,12-13H2,1H3/b11-10+. The van der Waals surface area contributed by atoms with Gasteiger partial charge in [0.25, 0.3) is 0 Å². The number of allylic oxidation sites excluding steroid dienone is 1. The minimum absolute atomic E-state index is 0.0935. The third-order valence-corrected chi connectivity index (χ3v) is 4.02. The Labute approximate surface area is 141 Å². The molecule has 2 aromatic rings. The Morgan fingerprint density at radius 3 is 2.67 bits per heavy atom. The molecule has 0 bridgehead atoms.